The molecule has 1 atom stereocenters. The predicted molar refractivity (Wildman–Crippen MR) is 57.6 cm³/mol. The van der Waals surface area contributed by atoms with Crippen LogP contribution in [0.15, 0.2) is 34.4 Å². The molecule has 1 aliphatic carbocycles. The highest BCUT2D eigenvalue weighted by Crippen LogP contribution is 2.19. The molecule has 0 N–H and O–H groups in total. The van der Waals surface area contributed by atoms with E-state index in [4.69, 9.17) is 0 Å². The molecule has 1 unspecified atom stereocenters. The molecule has 64 valence electrons. The van der Waals surface area contributed by atoms with Crippen molar-refractivity contribution >= 4 is 37.6 Å². The minimum Gasteiger partial charge on any atom is -0.295 e. The Bertz CT molecular complexity index is 287. The smallest absolute Gasteiger partial charge is 0.159 e. The minimum absolute atomic E-state index is 0.0834. The Morgan fingerprint density at radius 2 is 2.25 bits per heavy atom. The van der Waals surface area contributed by atoms with E-state index in [1.807, 2.05) is 24.3 Å². The lowest BCUT2D eigenvalue weighted by Gasteiger charge is -1.96. The standard InChI is InChI=1S/C9H8Br2O/c1-6(12)7-4-8(10)2-3-9(11)5-7/h2-5,8H,1H3. The molecule has 0 aromatic carbocycles. The first-order valence-corrected chi connectivity index (χ1v) is 5.22. The van der Waals surface area contributed by atoms with Crippen molar-refractivity contribution in [2.75, 3.05) is 0 Å². The number of ketones is 1. The zero-order valence-electron chi connectivity index (χ0n) is 6.55. The molecule has 0 heterocycles. The zero-order chi connectivity index (χ0) is 9.14. The summed E-state index contributed by atoms with van der Waals surface area (Å²) in [5.41, 5.74) is 0.730. The molecule has 0 spiro atoms. The minimum atomic E-state index is 0.0834. The number of hydrogen-bond donors (Lipinski definition) is 0. The molecule has 0 bridgehead atoms. The van der Waals surface area contributed by atoms with Crippen LogP contribution < -0.4 is 0 Å². The topological polar surface area (TPSA) is 17.1 Å². The molecule has 0 aromatic rings. The van der Waals surface area contributed by atoms with Gasteiger partial charge in [0.05, 0.1) is 4.83 Å². The second-order valence-electron chi connectivity index (χ2n) is 2.51. The van der Waals surface area contributed by atoms with Crippen LogP contribution >= 0.6 is 31.9 Å². The van der Waals surface area contributed by atoms with Gasteiger partial charge in [0.25, 0.3) is 0 Å². The lowest BCUT2D eigenvalue weighted by molar-refractivity contribution is -0.113. The Labute approximate surface area is 88.5 Å². The van der Waals surface area contributed by atoms with Crippen LogP contribution in [-0.4, -0.2) is 10.6 Å². The summed E-state index contributed by atoms with van der Waals surface area (Å²) in [6.45, 7) is 1.56. The van der Waals surface area contributed by atoms with Crippen LogP contribution in [0.3, 0.4) is 0 Å². The van der Waals surface area contributed by atoms with Gasteiger partial charge in [0, 0.05) is 10.1 Å². The number of allylic oxidation sites excluding steroid dienone is 6. The van der Waals surface area contributed by atoms with Crippen LogP contribution in [0.5, 0.6) is 0 Å². The quantitative estimate of drug-likeness (QED) is 0.679. The number of halogens is 2. The van der Waals surface area contributed by atoms with Gasteiger partial charge in [-0.1, -0.05) is 50.1 Å². The lowest BCUT2D eigenvalue weighted by Crippen LogP contribution is -1.96. The van der Waals surface area contributed by atoms with Crippen molar-refractivity contribution in [3.63, 3.8) is 0 Å². The van der Waals surface area contributed by atoms with Crippen molar-refractivity contribution in [3.05, 3.63) is 34.4 Å². The maximum atomic E-state index is 11.1. The van der Waals surface area contributed by atoms with Gasteiger partial charge in [-0.15, -0.1) is 0 Å². The first-order chi connectivity index (χ1) is 5.59. The second-order valence-corrected chi connectivity index (χ2v) is 4.48. The maximum absolute atomic E-state index is 11.1. The molecule has 0 aromatic heterocycles. The van der Waals surface area contributed by atoms with Crippen molar-refractivity contribution in [2.45, 2.75) is 11.8 Å². The molecule has 1 rings (SSSR count). The van der Waals surface area contributed by atoms with Crippen LogP contribution in [0.4, 0.5) is 0 Å². The SMILES string of the molecule is CC(=O)C1=CC(Br)C=CC(Br)=C1. The first kappa shape index (κ1) is 9.93. The van der Waals surface area contributed by atoms with Gasteiger partial charge in [0.2, 0.25) is 0 Å². The van der Waals surface area contributed by atoms with E-state index in [0.29, 0.717) is 0 Å². The maximum Gasteiger partial charge on any atom is 0.159 e. The summed E-state index contributed by atoms with van der Waals surface area (Å²) in [5, 5.41) is 0. The van der Waals surface area contributed by atoms with E-state index in [-0.39, 0.29) is 10.6 Å². The number of Topliss-reactive ketones (excluding diaryl/α,β-unsaturated/α-hetero) is 1. The van der Waals surface area contributed by atoms with E-state index in [1.54, 1.807) is 6.92 Å². The molecule has 0 radical (unpaired) electrons. The van der Waals surface area contributed by atoms with Crippen molar-refractivity contribution in [1.82, 2.24) is 0 Å². The van der Waals surface area contributed by atoms with Crippen molar-refractivity contribution in [3.8, 4) is 0 Å². The van der Waals surface area contributed by atoms with Gasteiger partial charge in [-0.2, -0.15) is 0 Å². The Morgan fingerprint density at radius 1 is 1.58 bits per heavy atom. The Morgan fingerprint density at radius 3 is 2.83 bits per heavy atom. The van der Waals surface area contributed by atoms with Crippen molar-refractivity contribution in [2.24, 2.45) is 0 Å². The molecule has 1 aliphatic rings. The predicted octanol–water partition coefficient (Wildman–Crippen LogP) is 3.11. The highest BCUT2D eigenvalue weighted by Gasteiger charge is 2.06. The Hall–Kier alpha value is -0.150. The van der Waals surface area contributed by atoms with Gasteiger partial charge in [0.1, 0.15) is 0 Å². The van der Waals surface area contributed by atoms with Gasteiger partial charge in [-0.25, -0.2) is 0 Å². The molecule has 0 fully saturated rings. The van der Waals surface area contributed by atoms with Crippen LogP contribution in [-0.2, 0) is 4.79 Å². The summed E-state index contributed by atoms with van der Waals surface area (Å²) in [5.74, 6) is 0.0834. The van der Waals surface area contributed by atoms with Crippen LogP contribution in [0.2, 0.25) is 0 Å². The van der Waals surface area contributed by atoms with Crippen LogP contribution in [0, 0.1) is 0 Å². The van der Waals surface area contributed by atoms with E-state index >= 15 is 0 Å². The van der Waals surface area contributed by atoms with Gasteiger partial charge in [-0.3, -0.25) is 4.79 Å². The number of rotatable bonds is 1. The molecule has 0 aliphatic heterocycles. The number of alkyl halides is 1. The third kappa shape index (κ3) is 2.72. The molecular formula is C9H8Br2O. The molecule has 1 nitrogen and oxygen atoms in total. The normalized spacial score (nSPS) is 22.8. The van der Waals surface area contributed by atoms with Gasteiger partial charge < -0.3 is 0 Å². The summed E-state index contributed by atoms with van der Waals surface area (Å²) in [6.07, 6.45) is 7.59. The van der Waals surface area contributed by atoms with Gasteiger partial charge >= 0.3 is 0 Å². The van der Waals surface area contributed by atoms with E-state index in [2.05, 4.69) is 31.9 Å². The van der Waals surface area contributed by atoms with Gasteiger partial charge in [-0.05, 0) is 13.0 Å². The molecule has 0 amide bonds. The van der Waals surface area contributed by atoms with Crippen LogP contribution in [0.25, 0.3) is 0 Å². The molecule has 3 heteroatoms. The fraction of sp³-hybridized carbons (Fsp3) is 0.222. The summed E-state index contributed by atoms with van der Waals surface area (Å²) < 4.78 is 0.922. The number of hydrogen-bond acceptors (Lipinski definition) is 1. The third-order valence-electron chi connectivity index (χ3n) is 1.48. The van der Waals surface area contributed by atoms with E-state index in [9.17, 15) is 4.79 Å². The monoisotopic (exact) mass is 290 g/mol. The first-order valence-electron chi connectivity index (χ1n) is 3.52. The summed E-state index contributed by atoms with van der Waals surface area (Å²) in [7, 11) is 0. The average molecular weight is 292 g/mol. The van der Waals surface area contributed by atoms with E-state index in [1.165, 1.54) is 0 Å². The zero-order valence-corrected chi connectivity index (χ0v) is 9.72. The fourth-order valence-electron chi connectivity index (χ4n) is 0.875. The second kappa shape index (κ2) is 4.19. The molecular weight excluding hydrogens is 284 g/mol. The summed E-state index contributed by atoms with van der Waals surface area (Å²) >= 11 is 6.74. The van der Waals surface area contributed by atoms with Crippen molar-refractivity contribution < 1.29 is 4.79 Å². The molecule has 0 saturated heterocycles. The molecule has 12 heavy (non-hydrogen) atoms. The largest absolute Gasteiger partial charge is 0.295 e. The average Bonchev–Trinajstić information content (AvgIpc) is 2.13. The van der Waals surface area contributed by atoms with Crippen LogP contribution in [0.1, 0.15) is 6.92 Å². The Balaban J connectivity index is 3.00. The van der Waals surface area contributed by atoms with E-state index in [0.717, 1.165) is 10.1 Å². The number of carbonyl (C=O) groups is 1. The van der Waals surface area contributed by atoms with E-state index < -0.39 is 0 Å². The Kier molecular flexibility index (Phi) is 3.47. The third-order valence-corrected chi connectivity index (χ3v) is 2.54. The van der Waals surface area contributed by atoms with Gasteiger partial charge in [0.15, 0.2) is 5.78 Å². The lowest BCUT2D eigenvalue weighted by atomic mass is 10.1. The highest BCUT2D eigenvalue weighted by atomic mass is 79.9. The molecule has 0 saturated carbocycles. The summed E-state index contributed by atoms with van der Waals surface area (Å²) in [6, 6.07) is 0. The fourth-order valence-corrected chi connectivity index (χ4v) is 1.71. The summed E-state index contributed by atoms with van der Waals surface area (Å²) in [4.78, 5) is 11.2. The number of carbonyl (C=O) groups excluding carboxylic acids is 1. The van der Waals surface area contributed by atoms with Crippen molar-refractivity contribution in [1.29, 1.82) is 0 Å². The highest BCUT2D eigenvalue weighted by molar-refractivity contribution is 9.12.